The highest BCUT2D eigenvalue weighted by molar-refractivity contribution is 6.06. The molecule has 2 aromatic carbocycles. The van der Waals surface area contributed by atoms with Gasteiger partial charge in [-0.3, -0.25) is 9.48 Å². The van der Waals surface area contributed by atoms with E-state index in [1.165, 1.54) is 5.56 Å². The Hall–Kier alpha value is -3.47. The number of nitrogens with zero attached hydrogens (tertiary/aromatic N) is 3. The summed E-state index contributed by atoms with van der Waals surface area (Å²) >= 11 is 0. The molecule has 0 unspecified atom stereocenters. The third-order valence-electron chi connectivity index (χ3n) is 4.62. The van der Waals surface area contributed by atoms with Gasteiger partial charge in [-0.2, -0.15) is 5.10 Å². The van der Waals surface area contributed by atoms with Crippen LogP contribution in [0.4, 0.5) is 5.69 Å². The van der Waals surface area contributed by atoms with Crippen LogP contribution in [0, 0.1) is 6.92 Å². The maximum atomic E-state index is 12.9. The van der Waals surface area contributed by atoms with Gasteiger partial charge in [-0.15, -0.1) is 0 Å². The van der Waals surface area contributed by atoms with Crippen molar-refractivity contribution in [2.45, 2.75) is 13.3 Å². The minimum Gasteiger partial charge on any atom is -0.321 e. The summed E-state index contributed by atoms with van der Waals surface area (Å²) in [5, 5.41) is 8.28. The second-order valence-corrected chi connectivity index (χ2v) is 6.58. The third kappa shape index (κ3) is 3.44. The second kappa shape index (κ2) is 7.03. The van der Waals surface area contributed by atoms with Crippen molar-refractivity contribution < 1.29 is 4.79 Å². The highest BCUT2D eigenvalue weighted by atomic mass is 16.1. The lowest BCUT2D eigenvalue weighted by atomic mass is 9.99. The van der Waals surface area contributed by atoms with E-state index in [1.807, 2.05) is 62.5 Å². The average Bonchev–Trinajstić information content (AvgIpc) is 2.96. The lowest BCUT2D eigenvalue weighted by Gasteiger charge is -2.10. The molecule has 2 aromatic heterocycles. The zero-order chi connectivity index (χ0) is 18.8. The van der Waals surface area contributed by atoms with Crippen molar-refractivity contribution in [1.82, 2.24) is 14.8 Å². The van der Waals surface area contributed by atoms with Gasteiger partial charge in [0.1, 0.15) is 0 Å². The smallest absolute Gasteiger partial charge is 0.255 e. The van der Waals surface area contributed by atoms with Crippen LogP contribution >= 0.6 is 0 Å². The summed E-state index contributed by atoms with van der Waals surface area (Å²) in [5.74, 6) is -0.135. The van der Waals surface area contributed by atoms with Crippen molar-refractivity contribution in [3.63, 3.8) is 0 Å². The molecular formula is C22H20N4O. The lowest BCUT2D eigenvalue weighted by Crippen LogP contribution is -2.14. The van der Waals surface area contributed by atoms with Gasteiger partial charge in [0.25, 0.3) is 5.91 Å². The molecule has 5 heteroatoms. The Balaban J connectivity index is 1.61. The van der Waals surface area contributed by atoms with Gasteiger partial charge in [0.05, 0.1) is 17.6 Å². The van der Waals surface area contributed by atoms with Gasteiger partial charge in [0.15, 0.2) is 5.65 Å². The molecule has 0 radical (unpaired) electrons. The van der Waals surface area contributed by atoms with Crippen LogP contribution in [0.1, 0.15) is 27.2 Å². The SMILES string of the molecule is Cc1nn(C)c2ncc(NC(=O)c3ccccc3Cc3ccccc3)cc12. The number of anilines is 1. The van der Waals surface area contributed by atoms with Gasteiger partial charge < -0.3 is 5.32 Å². The largest absolute Gasteiger partial charge is 0.321 e. The first-order chi connectivity index (χ1) is 13.1. The Kier molecular flexibility index (Phi) is 4.42. The second-order valence-electron chi connectivity index (χ2n) is 6.58. The van der Waals surface area contributed by atoms with Crippen molar-refractivity contribution in [2.24, 2.45) is 7.05 Å². The number of fused-ring (bicyclic) bond motifs is 1. The standard InChI is InChI=1S/C22H20N4O/c1-15-20-13-18(14-23-21(20)26(2)25-15)24-22(27)19-11-7-6-10-17(19)12-16-8-4-3-5-9-16/h3-11,13-14H,12H2,1-2H3,(H,24,27). The number of hydrogen-bond donors (Lipinski definition) is 1. The number of rotatable bonds is 4. The molecule has 2 heterocycles. The first-order valence-corrected chi connectivity index (χ1v) is 8.84. The molecule has 0 fully saturated rings. The van der Waals surface area contributed by atoms with Crippen molar-refractivity contribution in [1.29, 1.82) is 0 Å². The van der Waals surface area contributed by atoms with E-state index >= 15 is 0 Å². The number of aryl methyl sites for hydroxylation is 2. The van der Waals surface area contributed by atoms with Gasteiger partial charge in [0.2, 0.25) is 0 Å². The molecule has 0 aliphatic heterocycles. The average molecular weight is 356 g/mol. The summed E-state index contributed by atoms with van der Waals surface area (Å²) in [7, 11) is 1.86. The fraction of sp³-hybridized carbons (Fsp3) is 0.136. The molecule has 0 bridgehead atoms. The van der Waals surface area contributed by atoms with E-state index in [2.05, 4.69) is 27.5 Å². The molecule has 5 nitrogen and oxygen atoms in total. The van der Waals surface area contributed by atoms with Crippen LogP contribution in [0.25, 0.3) is 11.0 Å². The minimum absolute atomic E-state index is 0.135. The number of pyridine rings is 1. The summed E-state index contributed by atoms with van der Waals surface area (Å²) < 4.78 is 1.74. The van der Waals surface area contributed by atoms with Gasteiger partial charge in [-0.25, -0.2) is 4.98 Å². The van der Waals surface area contributed by atoms with Gasteiger partial charge >= 0.3 is 0 Å². The molecule has 4 rings (SSSR count). The molecule has 4 aromatic rings. The van der Waals surface area contributed by atoms with Crippen LogP contribution in [-0.2, 0) is 13.5 Å². The van der Waals surface area contributed by atoms with Crippen molar-refractivity contribution in [3.8, 4) is 0 Å². The molecule has 0 saturated carbocycles. The fourth-order valence-electron chi connectivity index (χ4n) is 3.29. The van der Waals surface area contributed by atoms with Gasteiger partial charge in [-0.05, 0) is 36.6 Å². The molecule has 0 aliphatic carbocycles. The Bertz CT molecular complexity index is 1120. The Morgan fingerprint density at radius 2 is 1.81 bits per heavy atom. The monoisotopic (exact) mass is 356 g/mol. The van der Waals surface area contributed by atoms with E-state index in [0.717, 1.165) is 22.3 Å². The maximum absolute atomic E-state index is 12.9. The summed E-state index contributed by atoms with van der Waals surface area (Å²) in [6, 6.07) is 19.8. The third-order valence-corrected chi connectivity index (χ3v) is 4.62. The molecule has 0 atom stereocenters. The van der Waals surface area contributed by atoms with Crippen LogP contribution in [0.15, 0.2) is 66.9 Å². The molecule has 0 aliphatic rings. The molecule has 0 saturated heterocycles. The fourth-order valence-corrected chi connectivity index (χ4v) is 3.29. The van der Waals surface area contributed by atoms with Gasteiger partial charge in [-0.1, -0.05) is 48.5 Å². The molecule has 134 valence electrons. The summed E-state index contributed by atoms with van der Waals surface area (Å²) in [5.41, 5.74) is 5.19. The van der Waals surface area contributed by atoms with E-state index in [9.17, 15) is 4.79 Å². The Labute approximate surface area is 157 Å². The molecule has 0 spiro atoms. The van der Waals surface area contributed by atoms with E-state index < -0.39 is 0 Å². The van der Waals surface area contributed by atoms with Crippen LogP contribution < -0.4 is 5.32 Å². The summed E-state index contributed by atoms with van der Waals surface area (Å²) in [4.78, 5) is 17.3. The number of amides is 1. The number of benzene rings is 2. The van der Waals surface area contributed by atoms with Crippen LogP contribution in [0.5, 0.6) is 0 Å². The van der Waals surface area contributed by atoms with Crippen LogP contribution in [-0.4, -0.2) is 20.7 Å². The number of carbonyl (C=O) groups is 1. The quantitative estimate of drug-likeness (QED) is 0.598. The number of aromatic nitrogens is 3. The lowest BCUT2D eigenvalue weighted by molar-refractivity contribution is 0.102. The molecule has 1 amide bonds. The zero-order valence-electron chi connectivity index (χ0n) is 15.3. The van der Waals surface area contributed by atoms with Gasteiger partial charge in [0, 0.05) is 18.0 Å². The predicted molar refractivity (Wildman–Crippen MR) is 107 cm³/mol. The molecule has 27 heavy (non-hydrogen) atoms. The van der Waals surface area contributed by atoms with E-state index in [0.29, 0.717) is 17.7 Å². The van der Waals surface area contributed by atoms with E-state index in [-0.39, 0.29) is 5.91 Å². The predicted octanol–water partition coefficient (Wildman–Crippen LogP) is 4.12. The first-order valence-electron chi connectivity index (χ1n) is 8.84. The Morgan fingerprint density at radius 1 is 1.07 bits per heavy atom. The molecular weight excluding hydrogens is 336 g/mol. The first kappa shape index (κ1) is 17.0. The highest BCUT2D eigenvalue weighted by Gasteiger charge is 2.13. The number of hydrogen-bond acceptors (Lipinski definition) is 3. The Morgan fingerprint density at radius 3 is 2.63 bits per heavy atom. The maximum Gasteiger partial charge on any atom is 0.255 e. The van der Waals surface area contributed by atoms with Crippen LogP contribution in [0.2, 0.25) is 0 Å². The van der Waals surface area contributed by atoms with E-state index in [1.54, 1.807) is 10.9 Å². The highest BCUT2D eigenvalue weighted by Crippen LogP contribution is 2.21. The van der Waals surface area contributed by atoms with Crippen LogP contribution in [0.3, 0.4) is 0 Å². The molecule has 1 N–H and O–H groups in total. The number of nitrogens with one attached hydrogen (secondary N) is 1. The summed E-state index contributed by atoms with van der Waals surface area (Å²) in [6.45, 7) is 1.94. The van der Waals surface area contributed by atoms with Crippen molar-refractivity contribution >= 4 is 22.6 Å². The van der Waals surface area contributed by atoms with Crippen molar-refractivity contribution in [2.75, 3.05) is 5.32 Å². The normalized spacial score (nSPS) is 10.9. The minimum atomic E-state index is -0.135. The zero-order valence-corrected chi connectivity index (χ0v) is 15.3. The topological polar surface area (TPSA) is 59.8 Å². The van der Waals surface area contributed by atoms with Crippen molar-refractivity contribution in [3.05, 3.63) is 89.2 Å². The number of carbonyl (C=O) groups excluding carboxylic acids is 1. The van der Waals surface area contributed by atoms with E-state index in [4.69, 9.17) is 0 Å². The summed E-state index contributed by atoms with van der Waals surface area (Å²) in [6.07, 6.45) is 2.38.